The van der Waals surface area contributed by atoms with Gasteiger partial charge in [-0.05, 0) is 46.0 Å². The fraction of sp³-hybridized carbons (Fsp3) is 0.909. The fourth-order valence-electron chi connectivity index (χ4n) is 3.18. The van der Waals surface area contributed by atoms with Crippen molar-refractivity contribution in [3.05, 3.63) is 0 Å². The van der Waals surface area contributed by atoms with Crippen molar-refractivity contribution in [1.29, 1.82) is 0 Å². The summed E-state index contributed by atoms with van der Waals surface area (Å²) < 4.78 is 33.0. The van der Waals surface area contributed by atoms with Crippen molar-refractivity contribution in [3.63, 3.8) is 0 Å². The highest BCUT2D eigenvalue weighted by Crippen LogP contribution is 2.54. The van der Waals surface area contributed by atoms with E-state index in [0.717, 1.165) is 32.4 Å². The van der Waals surface area contributed by atoms with E-state index in [2.05, 4.69) is 5.32 Å². The molecule has 11 heteroatoms. The largest absolute Gasteiger partial charge is 0.377 e. The first kappa shape index (κ1) is 30.0. The van der Waals surface area contributed by atoms with E-state index in [1.165, 1.54) is 0 Å². The van der Waals surface area contributed by atoms with Crippen LogP contribution >= 0.6 is 7.60 Å². The van der Waals surface area contributed by atoms with Gasteiger partial charge in [0, 0.05) is 33.0 Å². The van der Waals surface area contributed by atoms with E-state index in [4.69, 9.17) is 18.7 Å². The smallest absolute Gasteiger partial charge is 0.333 e. The number of carbonyl (C=O) groups excluding carboxylic acids is 2. The van der Waals surface area contributed by atoms with Crippen LogP contribution in [-0.2, 0) is 32.9 Å². The minimum Gasteiger partial charge on any atom is -0.377 e. The van der Waals surface area contributed by atoms with Gasteiger partial charge in [0.25, 0.3) is 0 Å². The van der Waals surface area contributed by atoms with Gasteiger partial charge in [-0.3, -0.25) is 14.2 Å². The monoisotopic (exact) mass is 494 g/mol. The molecular weight excluding hydrogens is 451 g/mol. The number of hydrogen-bond donors (Lipinski definition) is 2. The first-order valence-electron chi connectivity index (χ1n) is 11.8. The van der Waals surface area contributed by atoms with Crippen molar-refractivity contribution in [1.82, 2.24) is 10.2 Å². The lowest BCUT2D eigenvalue weighted by Crippen LogP contribution is -2.37. The molecule has 1 atom stereocenters. The van der Waals surface area contributed by atoms with E-state index < -0.39 is 12.8 Å². The fourth-order valence-corrected chi connectivity index (χ4v) is 3.89. The number of amides is 2. The minimum absolute atomic E-state index is 0.0324. The average molecular weight is 495 g/mol. The van der Waals surface area contributed by atoms with E-state index in [1.807, 2.05) is 4.90 Å². The second-order valence-electron chi connectivity index (χ2n) is 9.20. The second kappa shape index (κ2) is 15.8. The lowest BCUT2D eigenvalue weighted by molar-refractivity contribution is -0.130. The van der Waals surface area contributed by atoms with Gasteiger partial charge in [-0.25, -0.2) is 0 Å². The van der Waals surface area contributed by atoms with Gasteiger partial charge >= 0.3 is 7.60 Å². The summed E-state index contributed by atoms with van der Waals surface area (Å²) in [6.45, 7) is 10.9. The minimum atomic E-state index is -3.64. The van der Waals surface area contributed by atoms with Gasteiger partial charge in [0.15, 0.2) is 0 Å². The summed E-state index contributed by atoms with van der Waals surface area (Å²) in [5.74, 6) is 0.671. The molecule has 0 aromatic rings. The zero-order valence-electron chi connectivity index (χ0n) is 20.7. The number of nitrogens with one attached hydrogen (secondary N) is 1. The van der Waals surface area contributed by atoms with E-state index in [9.17, 15) is 19.0 Å². The Bertz CT molecular complexity index is 618. The summed E-state index contributed by atoms with van der Waals surface area (Å²) in [6.07, 6.45) is 3.30. The summed E-state index contributed by atoms with van der Waals surface area (Å²) in [7, 11) is -3.64. The van der Waals surface area contributed by atoms with Crippen molar-refractivity contribution < 1.29 is 37.8 Å². The molecule has 1 rings (SSSR count). The molecule has 0 aromatic carbocycles. The SMILES string of the molecule is CC(=O)N1CCC(CCC(=O)NCCOCCOCCOCCOP(=O)(O)C(C)(C)C)CC1. The molecule has 10 nitrogen and oxygen atoms in total. The zero-order valence-corrected chi connectivity index (χ0v) is 21.6. The predicted molar refractivity (Wildman–Crippen MR) is 125 cm³/mol. The normalized spacial score (nSPS) is 17.1. The van der Waals surface area contributed by atoms with Crippen LogP contribution < -0.4 is 5.32 Å². The van der Waals surface area contributed by atoms with Crippen LogP contribution in [0.2, 0.25) is 0 Å². The molecule has 2 amide bonds. The lowest BCUT2D eigenvalue weighted by atomic mass is 9.92. The highest BCUT2D eigenvalue weighted by molar-refractivity contribution is 7.54. The predicted octanol–water partition coefficient (Wildman–Crippen LogP) is 2.19. The molecule has 33 heavy (non-hydrogen) atoms. The van der Waals surface area contributed by atoms with E-state index in [-0.39, 0.29) is 25.0 Å². The van der Waals surface area contributed by atoms with Crippen molar-refractivity contribution in [2.75, 3.05) is 65.9 Å². The number of nitrogens with zero attached hydrogens (tertiary/aromatic N) is 1. The van der Waals surface area contributed by atoms with Crippen LogP contribution in [0.4, 0.5) is 0 Å². The number of likely N-dealkylation sites (tertiary alicyclic amines) is 1. The van der Waals surface area contributed by atoms with E-state index in [0.29, 0.717) is 51.9 Å². The van der Waals surface area contributed by atoms with Gasteiger partial charge in [0.2, 0.25) is 11.8 Å². The molecule has 1 fully saturated rings. The van der Waals surface area contributed by atoms with Gasteiger partial charge in [-0.15, -0.1) is 0 Å². The molecule has 1 aliphatic rings. The molecule has 1 unspecified atom stereocenters. The average Bonchev–Trinajstić information content (AvgIpc) is 2.75. The Morgan fingerprint density at radius 2 is 1.48 bits per heavy atom. The van der Waals surface area contributed by atoms with Gasteiger partial charge in [0.1, 0.15) is 0 Å². The van der Waals surface area contributed by atoms with Crippen LogP contribution in [0.5, 0.6) is 0 Å². The first-order chi connectivity index (χ1) is 15.5. The van der Waals surface area contributed by atoms with Gasteiger partial charge in [0.05, 0.1) is 51.4 Å². The summed E-state index contributed by atoms with van der Waals surface area (Å²) >= 11 is 0. The molecule has 194 valence electrons. The van der Waals surface area contributed by atoms with Crippen LogP contribution in [0.1, 0.15) is 53.4 Å². The molecule has 2 N–H and O–H groups in total. The molecule has 1 heterocycles. The Morgan fingerprint density at radius 3 is 2.00 bits per heavy atom. The molecule has 0 aromatic heterocycles. The Balaban J connectivity index is 1.86. The Kier molecular flexibility index (Phi) is 14.4. The highest BCUT2D eigenvalue weighted by atomic mass is 31.2. The number of hydrogen-bond acceptors (Lipinski definition) is 7. The molecule has 0 radical (unpaired) electrons. The molecule has 0 spiro atoms. The first-order valence-corrected chi connectivity index (χ1v) is 13.3. The standard InChI is InChI=1S/C22H43N2O8P/c1-19(25)24-10-7-20(8-11-24)5-6-21(26)23-9-12-29-13-14-30-15-16-31-17-18-32-33(27,28)22(2,3)4/h20H,5-18H2,1-4H3,(H,23,26)(H,27,28). The summed E-state index contributed by atoms with van der Waals surface area (Å²) in [5.41, 5.74) is 0. The van der Waals surface area contributed by atoms with Crippen LogP contribution in [0.3, 0.4) is 0 Å². The van der Waals surface area contributed by atoms with Crippen LogP contribution in [-0.4, -0.2) is 92.6 Å². The molecule has 1 saturated heterocycles. The van der Waals surface area contributed by atoms with Gasteiger partial charge in [-0.1, -0.05) is 0 Å². The lowest BCUT2D eigenvalue weighted by Gasteiger charge is -2.31. The molecule has 1 aliphatic heterocycles. The van der Waals surface area contributed by atoms with Gasteiger partial charge < -0.3 is 33.8 Å². The number of piperidine rings is 1. The third-order valence-electron chi connectivity index (χ3n) is 5.49. The maximum atomic E-state index is 11.9. The number of ether oxygens (including phenoxy) is 3. The Morgan fingerprint density at radius 1 is 0.970 bits per heavy atom. The summed E-state index contributed by atoms with van der Waals surface area (Å²) in [5, 5.41) is 2.05. The summed E-state index contributed by atoms with van der Waals surface area (Å²) in [4.78, 5) is 34.9. The Hall–Kier alpha value is -1.03. The Labute approximate surface area is 198 Å². The molecular formula is C22H43N2O8P. The third-order valence-corrected chi connectivity index (χ3v) is 7.72. The van der Waals surface area contributed by atoms with E-state index >= 15 is 0 Å². The third kappa shape index (κ3) is 13.4. The van der Waals surface area contributed by atoms with Crippen molar-refractivity contribution in [2.24, 2.45) is 5.92 Å². The summed E-state index contributed by atoms with van der Waals surface area (Å²) in [6, 6.07) is 0. The molecule has 0 aliphatic carbocycles. The highest BCUT2D eigenvalue weighted by Gasteiger charge is 2.35. The number of rotatable bonds is 16. The molecule has 0 saturated carbocycles. The molecule has 0 bridgehead atoms. The zero-order chi connectivity index (χ0) is 24.7. The quantitative estimate of drug-likeness (QED) is 0.247. The van der Waals surface area contributed by atoms with Crippen LogP contribution in [0, 0.1) is 5.92 Å². The maximum absolute atomic E-state index is 11.9. The maximum Gasteiger partial charge on any atom is 0.333 e. The van der Waals surface area contributed by atoms with Crippen LogP contribution in [0.25, 0.3) is 0 Å². The second-order valence-corrected chi connectivity index (χ2v) is 11.8. The van der Waals surface area contributed by atoms with Crippen molar-refractivity contribution >= 4 is 19.4 Å². The van der Waals surface area contributed by atoms with Crippen molar-refractivity contribution in [2.45, 2.75) is 58.5 Å². The number of carbonyl (C=O) groups is 2. The van der Waals surface area contributed by atoms with Crippen molar-refractivity contribution in [3.8, 4) is 0 Å². The van der Waals surface area contributed by atoms with Crippen LogP contribution in [0.15, 0.2) is 0 Å². The topological polar surface area (TPSA) is 124 Å². The van der Waals surface area contributed by atoms with E-state index in [1.54, 1.807) is 27.7 Å². The van der Waals surface area contributed by atoms with Gasteiger partial charge in [-0.2, -0.15) is 0 Å².